The van der Waals surface area contributed by atoms with Gasteiger partial charge in [-0.2, -0.15) is 0 Å². The summed E-state index contributed by atoms with van der Waals surface area (Å²) in [5.74, 6) is -0.392. The SMILES string of the molecule is CN1C(=O)[C@@H]2C=C[C@@]1(C)[C@@H]1C=C[C@]2(C)N(C)C1=O. The Bertz CT molecular complexity index is 464. The molecule has 6 rings (SSSR count). The first kappa shape index (κ1) is 11.5. The maximum Gasteiger partial charge on any atom is 0.232 e. The lowest BCUT2D eigenvalue weighted by atomic mass is 9.67. The molecule has 0 N–H and O–H groups in total. The van der Waals surface area contributed by atoms with E-state index < -0.39 is 11.1 Å². The van der Waals surface area contributed by atoms with Crippen molar-refractivity contribution in [2.45, 2.75) is 24.9 Å². The number of carbonyl (C=O) groups is 2. The van der Waals surface area contributed by atoms with Crippen molar-refractivity contribution in [3.63, 3.8) is 0 Å². The van der Waals surface area contributed by atoms with Crippen LogP contribution in [0.15, 0.2) is 24.3 Å². The second kappa shape index (κ2) is 3.05. The molecule has 2 amide bonds. The largest absolute Gasteiger partial charge is 0.335 e. The molecule has 18 heavy (non-hydrogen) atoms. The predicted molar refractivity (Wildman–Crippen MR) is 67.6 cm³/mol. The molecule has 1 fully saturated rings. The molecular formula is C14H18N2O2. The van der Waals surface area contributed by atoms with Crippen LogP contribution < -0.4 is 0 Å². The van der Waals surface area contributed by atoms with Crippen molar-refractivity contribution in [1.82, 2.24) is 9.80 Å². The van der Waals surface area contributed by atoms with Crippen LogP contribution in [0.2, 0.25) is 0 Å². The van der Waals surface area contributed by atoms with Crippen LogP contribution in [0, 0.1) is 11.8 Å². The maximum atomic E-state index is 12.5. The number of amides is 2. The normalized spacial score (nSPS) is 45.8. The Balaban J connectivity index is 2.30. The van der Waals surface area contributed by atoms with E-state index in [0.29, 0.717) is 0 Å². The Hall–Kier alpha value is -1.58. The monoisotopic (exact) mass is 246 g/mol. The van der Waals surface area contributed by atoms with E-state index in [9.17, 15) is 9.59 Å². The van der Waals surface area contributed by atoms with Crippen molar-refractivity contribution in [1.29, 1.82) is 0 Å². The van der Waals surface area contributed by atoms with Crippen LogP contribution in [0.4, 0.5) is 0 Å². The van der Waals surface area contributed by atoms with Crippen LogP contribution in [-0.4, -0.2) is 46.8 Å². The second-order valence-corrected chi connectivity index (χ2v) is 5.92. The van der Waals surface area contributed by atoms with Crippen molar-refractivity contribution in [3.05, 3.63) is 24.3 Å². The Morgan fingerprint density at radius 2 is 1.22 bits per heavy atom. The number of hydrogen-bond acceptors (Lipinski definition) is 2. The molecule has 1 aliphatic carbocycles. The first-order chi connectivity index (χ1) is 8.32. The summed E-state index contributed by atoms with van der Waals surface area (Å²) in [6.07, 6.45) is 8.00. The molecule has 5 heterocycles. The van der Waals surface area contributed by atoms with E-state index in [1.165, 1.54) is 0 Å². The zero-order valence-corrected chi connectivity index (χ0v) is 11.2. The van der Waals surface area contributed by atoms with Gasteiger partial charge in [-0.1, -0.05) is 24.3 Å². The molecule has 4 bridgehead atoms. The first-order valence-corrected chi connectivity index (χ1v) is 6.26. The molecule has 1 saturated heterocycles. The van der Waals surface area contributed by atoms with E-state index in [0.717, 1.165) is 0 Å². The van der Waals surface area contributed by atoms with Crippen molar-refractivity contribution < 1.29 is 9.59 Å². The van der Waals surface area contributed by atoms with Crippen LogP contribution in [0.5, 0.6) is 0 Å². The number of nitrogens with zero attached hydrogens (tertiary/aromatic N) is 2. The lowest BCUT2D eigenvalue weighted by Crippen LogP contribution is -2.69. The molecule has 0 radical (unpaired) electrons. The quantitative estimate of drug-likeness (QED) is 0.593. The third kappa shape index (κ3) is 1.02. The Morgan fingerprint density at radius 3 is 1.56 bits per heavy atom. The van der Waals surface area contributed by atoms with Gasteiger partial charge in [-0.25, -0.2) is 0 Å². The summed E-state index contributed by atoms with van der Waals surface area (Å²) >= 11 is 0. The second-order valence-electron chi connectivity index (χ2n) is 5.92. The van der Waals surface area contributed by atoms with E-state index in [4.69, 9.17) is 0 Å². The van der Waals surface area contributed by atoms with Gasteiger partial charge < -0.3 is 9.80 Å². The Labute approximate surface area is 107 Å². The number of carbonyl (C=O) groups excluding carboxylic acids is 2. The fourth-order valence-electron chi connectivity index (χ4n) is 3.38. The highest BCUT2D eigenvalue weighted by Crippen LogP contribution is 2.45. The van der Waals surface area contributed by atoms with E-state index in [2.05, 4.69) is 0 Å². The molecular weight excluding hydrogens is 228 g/mol. The maximum absolute atomic E-state index is 12.5. The molecule has 96 valence electrons. The lowest BCUT2D eigenvalue weighted by molar-refractivity contribution is -0.157. The van der Waals surface area contributed by atoms with Crippen LogP contribution in [-0.2, 0) is 9.59 Å². The van der Waals surface area contributed by atoms with Crippen molar-refractivity contribution in [2.24, 2.45) is 11.8 Å². The van der Waals surface area contributed by atoms with E-state index in [1.54, 1.807) is 23.9 Å². The summed E-state index contributed by atoms with van der Waals surface area (Å²) in [6.45, 7) is 3.90. The third-order valence-electron chi connectivity index (χ3n) is 5.15. The Morgan fingerprint density at radius 1 is 0.889 bits per heavy atom. The van der Waals surface area contributed by atoms with Gasteiger partial charge in [-0.05, 0) is 13.8 Å². The number of likely N-dealkylation sites (N-methyl/N-ethyl adjacent to an activating group) is 2. The zero-order valence-electron chi connectivity index (χ0n) is 11.2. The highest BCUT2D eigenvalue weighted by atomic mass is 16.2. The Kier molecular flexibility index (Phi) is 1.95. The molecule has 0 aromatic carbocycles. The summed E-state index contributed by atoms with van der Waals surface area (Å²) in [4.78, 5) is 28.5. The van der Waals surface area contributed by atoms with Gasteiger partial charge in [0.15, 0.2) is 0 Å². The molecule has 0 spiro atoms. The highest BCUT2D eigenvalue weighted by molar-refractivity contribution is 5.93. The topological polar surface area (TPSA) is 40.6 Å². The summed E-state index contributed by atoms with van der Waals surface area (Å²) in [6, 6.07) is 0. The van der Waals surface area contributed by atoms with Gasteiger partial charge in [-0.3, -0.25) is 9.59 Å². The predicted octanol–water partition coefficient (Wildman–Crippen LogP) is 0.806. The van der Waals surface area contributed by atoms with Crippen LogP contribution in [0.1, 0.15) is 13.8 Å². The molecule has 4 nitrogen and oxygen atoms in total. The average molecular weight is 246 g/mol. The van der Waals surface area contributed by atoms with Gasteiger partial charge in [-0.15, -0.1) is 0 Å². The minimum absolute atomic E-state index is 0.0937. The molecule has 0 saturated carbocycles. The van der Waals surface area contributed by atoms with Crippen LogP contribution in [0.3, 0.4) is 0 Å². The molecule has 0 aromatic heterocycles. The summed E-state index contributed by atoms with van der Waals surface area (Å²) in [5.41, 5.74) is -1.09. The van der Waals surface area contributed by atoms with E-state index >= 15 is 0 Å². The summed E-state index contributed by atoms with van der Waals surface area (Å²) in [5, 5.41) is 0. The van der Waals surface area contributed by atoms with E-state index in [1.807, 2.05) is 38.2 Å². The van der Waals surface area contributed by atoms with Gasteiger partial charge in [0.25, 0.3) is 0 Å². The fourth-order valence-corrected chi connectivity index (χ4v) is 3.38. The average Bonchev–Trinajstić information content (AvgIpc) is 2.32. The minimum Gasteiger partial charge on any atom is -0.335 e. The van der Waals surface area contributed by atoms with E-state index in [-0.39, 0.29) is 23.7 Å². The first-order valence-electron chi connectivity index (χ1n) is 6.26. The minimum atomic E-state index is -0.544. The lowest BCUT2D eigenvalue weighted by Gasteiger charge is -2.56. The number of rotatable bonds is 0. The molecule has 6 aliphatic rings. The van der Waals surface area contributed by atoms with Crippen molar-refractivity contribution >= 4 is 11.8 Å². The smallest absolute Gasteiger partial charge is 0.232 e. The molecule has 0 aromatic rings. The molecule has 4 atom stereocenters. The number of hydrogen-bond donors (Lipinski definition) is 0. The standard InChI is InChI=1S/C14H18N2O2/c1-13-7-5-10(12(18)15(13)3)14(2)8-6-9(13)11(17)16(14)4/h5-10H,1-4H3/t9-,10+,13-,14-/m0/s1. The summed E-state index contributed by atoms with van der Waals surface area (Å²) < 4.78 is 0. The highest BCUT2D eigenvalue weighted by Gasteiger charge is 2.57. The van der Waals surface area contributed by atoms with Gasteiger partial charge in [0, 0.05) is 14.1 Å². The van der Waals surface area contributed by atoms with Gasteiger partial charge in [0.05, 0.1) is 22.9 Å². The summed E-state index contributed by atoms with van der Waals surface area (Å²) in [7, 11) is 3.59. The van der Waals surface area contributed by atoms with Gasteiger partial charge in [0.1, 0.15) is 0 Å². The van der Waals surface area contributed by atoms with Crippen molar-refractivity contribution in [2.75, 3.05) is 14.1 Å². The van der Waals surface area contributed by atoms with Gasteiger partial charge in [0.2, 0.25) is 11.8 Å². The molecule has 5 aliphatic heterocycles. The molecule has 4 heteroatoms. The molecule has 0 unspecified atom stereocenters. The van der Waals surface area contributed by atoms with Crippen LogP contribution in [0.25, 0.3) is 0 Å². The fraction of sp³-hybridized carbons (Fsp3) is 0.571. The zero-order chi connectivity index (χ0) is 13.3. The van der Waals surface area contributed by atoms with Crippen molar-refractivity contribution in [3.8, 4) is 0 Å². The van der Waals surface area contributed by atoms with Gasteiger partial charge >= 0.3 is 0 Å². The van der Waals surface area contributed by atoms with Crippen LogP contribution >= 0.6 is 0 Å². The third-order valence-corrected chi connectivity index (χ3v) is 5.15.